The Labute approximate surface area is 125 Å². The minimum absolute atomic E-state index is 0.314. The first-order valence-electron chi connectivity index (χ1n) is 6.01. The molecule has 0 unspecified atom stereocenters. The van der Waals surface area contributed by atoms with Crippen LogP contribution in [0.4, 0.5) is 4.39 Å². The third-order valence-corrected chi connectivity index (χ3v) is 3.82. The molecule has 5 heteroatoms. The van der Waals surface area contributed by atoms with E-state index in [-0.39, 0.29) is 5.82 Å². The number of benzene rings is 2. The minimum Gasteiger partial charge on any atom is -0.495 e. The Balaban J connectivity index is 2.69. The first-order chi connectivity index (χ1) is 9.62. The van der Waals surface area contributed by atoms with Crippen molar-refractivity contribution in [3.05, 3.63) is 46.2 Å². The first kappa shape index (κ1) is 14.8. The molecule has 0 atom stereocenters. The summed E-state index contributed by atoms with van der Waals surface area (Å²) in [5, 5.41) is 0. The van der Waals surface area contributed by atoms with Crippen LogP contribution in [0.2, 0.25) is 0 Å². The van der Waals surface area contributed by atoms with Gasteiger partial charge in [0, 0.05) is 12.1 Å². The molecular weight excluding hydrogens is 325 g/mol. The van der Waals surface area contributed by atoms with Gasteiger partial charge in [0.05, 0.1) is 14.2 Å². The molecule has 2 rings (SSSR count). The Morgan fingerprint density at radius 2 is 1.85 bits per heavy atom. The predicted octanol–water partition coefficient (Wildman–Crippen LogP) is 3.73. The smallest absolute Gasteiger partial charge is 0.144 e. The van der Waals surface area contributed by atoms with E-state index in [4.69, 9.17) is 15.2 Å². The SMILES string of the molecule is COc1ccc(-c2cc(F)ccc2CN)c(OC)c1Br. The van der Waals surface area contributed by atoms with Crippen molar-refractivity contribution in [3.63, 3.8) is 0 Å². The van der Waals surface area contributed by atoms with Crippen LogP contribution in [0.5, 0.6) is 11.5 Å². The molecular formula is C15H15BrFNO2. The molecule has 0 saturated carbocycles. The Morgan fingerprint density at radius 3 is 2.45 bits per heavy atom. The summed E-state index contributed by atoms with van der Waals surface area (Å²) in [6, 6.07) is 8.17. The van der Waals surface area contributed by atoms with Crippen LogP contribution in [-0.2, 0) is 6.54 Å². The molecule has 20 heavy (non-hydrogen) atoms. The van der Waals surface area contributed by atoms with E-state index in [9.17, 15) is 4.39 Å². The second-order valence-corrected chi connectivity index (χ2v) is 4.96. The molecule has 0 spiro atoms. The van der Waals surface area contributed by atoms with Crippen LogP contribution in [-0.4, -0.2) is 14.2 Å². The van der Waals surface area contributed by atoms with Crippen molar-refractivity contribution in [2.75, 3.05) is 14.2 Å². The van der Waals surface area contributed by atoms with Gasteiger partial charge in [0.1, 0.15) is 21.8 Å². The molecule has 2 aromatic carbocycles. The van der Waals surface area contributed by atoms with Gasteiger partial charge in [0.15, 0.2) is 0 Å². The normalized spacial score (nSPS) is 10.4. The molecule has 2 aromatic rings. The zero-order chi connectivity index (χ0) is 14.7. The minimum atomic E-state index is -0.314. The molecule has 2 N–H and O–H groups in total. The molecule has 0 bridgehead atoms. The molecule has 0 aliphatic heterocycles. The van der Waals surface area contributed by atoms with Crippen LogP contribution >= 0.6 is 15.9 Å². The molecule has 0 aromatic heterocycles. The monoisotopic (exact) mass is 339 g/mol. The predicted molar refractivity (Wildman–Crippen MR) is 80.5 cm³/mol. The molecule has 0 aliphatic carbocycles. The van der Waals surface area contributed by atoms with Gasteiger partial charge >= 0.3 is 0 Å². The third kappa shape index (κ3) is 2.64. The highest BCUT2D eigenvalue weighted by Gasteiger charge is 2.16. The lowest BCUT2D eigenvalue weighted by Gasteiger charge is -2.15. The molecule has 0 fully saturated rings. The van der Waals surface area contributed by atoms with Gasteiger partial charge in [-0.15, -0.1) is 0 Å². The van der Waals surface area contributed by atoms with Gasteiger partial charge in [-0.3, -0.25) is 0 Å². The van der Waals surface area contributed by atoms with Crippen LogP contribution in [0, 0.1) is 5.82 Å². The van der Waals surface area contributed by atoms with Crippen molar-refractivity contribution in [1.29, 1.82) is 0 Å². The lowest BCUT2D eigenvalue weighted by atomic mass is 9.98. The lowest BCUT2D eigenvalue weighted by Crippen LogP contribution is -2.01. The second-order valence-electron chi connectivity index (χ2n) is 4.17. The maximum Gasteiger partial charge on any atom is 0.144 e. The van der Waals surface area contributed by atoms with E-state index in [0.29, 0.717) is 28.1 Å². The van der Waals surface area contributed by atoms with E-state index < -0.39 is 0 Å². The van der Waals surface area contributed by atoms with Gasteiger partial charge in [-0.2, -0.15) is 0 Å². The highest BCUT2D eigenvalue weighted by Crippen LogP contribution is 2.42. The van der Waals surface area contributed by atoms with Gasteiger partial charge in [-0.25, -0.2) is 4.39 Å². The average molecular weight is 340 g/mol. The van der Waals surface area contributed by atoms with Gasteiger partial charge in [-0.05, 0) is 51.3 Å². The zero-order valence-electron chi connectivity index (χ0n) is 11.2. The van der Waals surface area contributed by atoms with Crippen LogP contribution in [0.1, 0.15) is 5.56 Å². The summed E-state index contributed by atoms with van der Waals surface area (Å²) in [4.78, 5) is 0. The number of methoxy groups -OCH3 is 2. The molecule has 0 aliphatic rings. The van der Waals surface area contributed by atoms with E-state index in [0.717, 1.165) is 11.1 Å². The van der Waals surface area contributed by atoms with Crippen LogP contribution < -0.4 is 15.2 Å². The number of hydrogen-bond donors (Lipinski definition) is 1. The largest absolute Gasteiger partial charge is 0.495 e. The molecule has 106 valence electrons. The Morgan fingerprint density at radius 1 is 1.10 bits per heavy atom. The van der Waals surface area contributed by atoms with Crippen molar-refractivity contribution in [1.82, 2.24) is 0 Å². The Bertz CT molecular complexity index is 632. The van der Waals surface area contributed by atoms with Crippen molar-refractivity contribution in [2.45, 2.75) is 6.54 Å². The van der Waals surface area contributed by atoms with Crippen LogP contribution in [0.25, 0.3) is 11.1 Å². The fourth-order valence-corrected chi connectivity index (χ4v) is 2.75. The molecule has 3 nitrogen and oxygen atoms in total. The van der Waals surface area contributed by atoms with Crippen molar-refractivity contribution in [3.8, 4) is 22.6 Å². The highest BCUT2D eigenvalue weighted by molar-refractivity contribution is 9.10. The quantitative estimate of drug-likeness (QED) is 0.922. The van der Waals surface area contributed by atoms with E-state index >= 15 is 0 Å². The van der Waals surface area contributed by atoms with E-state index in [2.05, 4.69) is 15.9 Å². The van der Waals surface area contributed by atoms with E-state index in [1.165, 1.54) is 12.1 Å². The molecule has 0 amide bonds. The summed E-state index contributed by atoms with van der Waals surface area (Å²) in [7, 11) is 3.14. The number of rotatable bonds is 4. The van der Waals surface area contributed by atoms with Crippen molar-refractivity contribution >= 4 is 15.9 Å². The Kier molecular flexibility index (Phi) is 4.62. The maximum atomic E-state index is 13.5. The summed E-state index contributed by atoms with van der Waals surface area (Å²) < 4.78 is 24.9. The number of ether oxygens (including phenoxy) is 2. The topological polar surface area (TPSA) is 44.5 Å². The van der Waals surface area contributed by atoms with Gasteiger partial charge in [0.25, 0.3) is 0 Å². The average Bonchev–Trinajstić information content (AvgIpc) is 2.46. The van der Waals surface area contributed by atoms with Gasteiger partial charge in [0.2, 0.25) is 0 Å². The van der Waals surface area contributed by atoms with Crippen molar-refractivity contribution in [2.24, 2.45) is 5.73 Å². The standard InChI is InChI=1S/C15H15BrFNO2/c1-19-13-6-5-11(15(20-2)14(13)16)12-7-10(17)4-3-9(12)8-18/h3-7H,8,18H2,1-2H3. The summed E-state index contributed by atoms with van der Waals surface area (Å²) in [6.45, 7) is 0.322. The number of halogens is 2. The lowest BCUT2D eigenvalue weighted by molar-refractivity contribution is 0.390. The van der Waals surface area contributed by atoms with E-state index in [1.807, 2.05) is 6.07 Å². The first-order valence-corrected chi connectivity index (χ1v) is 6.81. The summed E-state index contributed by atoms with van der Waals surface area (Å²) in [5.74, 6) is 0.923. The molecule has 0 saturated heterocycles. The summed E-state index contributed by atoms with van der Waals surface area (Å²) in [6.07, 6.45) is 0. The maximum absolute atomic E-state index is 13.5. The van der Waals surface area contributed by atoms with Gasteiger partial charge < -0.3 is 15.2 Å². The van der Waals surface area contributed by atoms with Crippen LogP contribution in [0.3, 0.4) is 0 Å². The molecule has 0 heterocycles. The van der Waals surface area contributed by atoms with Crippen LogP contribution in [0.15, 0.2) is 34.8 Å². The third-order valence-electron chi connectivity index (χ3n) is 3.07. The Hall–Kier alpha value is -1.59. The highest BCUT2D eigenvalue weighted by atomic mass is 79.9. The number of nitrogens with two attached hydrogens (primary N) is 1. The van der Waals surface area contributed by atoms with Crippen molar-refractivity contribution < 1.29 is 13.9 Å². The van der Waals surface area contributed by atoms with Gasteiger partial charge in [-0.1, -0.05) is 6.07 Å². The summed E-state index contributed by atoms with van der Waals surface area (Å²) in [5.41, 5.74) is 8.05. The molecule has 0 radical (unpaired) electrons. The fourth-order valence-electron chi connectivity index (χ4n) is 2.08. The fraction of sp³-hybridized carbons (Fsp3) is 0.200. The summed E-state index contributed by atoms with van der Waals surface area (Å²) >= 11 is 3.44. The number of hydrogen-bond acceptors (Lipinski definition) is 3. The van der Waals surface area contributed by atoms with E-state index in [1.54, 1.807) is 26.4 Å². The zero-order valence-corrected chi connectivity index (χ0v) is 12.8. The second kappa shape index (κ2) is 6.24.